The summed E-state index contributed by atoms with van der Waals surface area (Å²) in [6.45, 7) is 1.97. The SMILES string of the molecule is CC(N)C(N(C)CC1CC2CCC1C2)C(F)(F)F. The minimum absolute atomic E-state index is 0.442. The van der Waals surface area contributed by atoms with Gasteiger partial charge in [-0.25, -0.2) is 0 Å². The lowest BCUT2D eigenvalue weighted by Gasteiger charge is -2.36. The van der Waals surface area contributed by atoms with Crippen molar-refractivity contribution in [3.63, 3.8) is 0 Å². The average molecular weight is 264 g/mol. The summed E-state index contributed by atoms with van der Waals surface area (Å²) in [4.78, 5) is 1.43. The Kier molecular flexibility index (Phi) is 3.93. The first-order valence-corrected chi connectivity index (χ1v) is 6.81. The van der Waals surface area contributed by atoms with Gasteiger partial charge in [0.2, 0.25) is 0 Å². The summed E-state index contributed by atoms with van der Waals surface area (Å²) in [5.41, 5.74) is 5.51. The van der Waals surface area contributed by atoms with Crippen LogP contribution in [0.2, 0.25) is 0 Å². The van der Waals surface area contributed by atoms with Crippen LogP contribution in [0, 0.1) is 17.8 Å². The van der Waals surface area contributed by atoms with E-state index in [9.17, 15) is 13.2 Å². The van der Waals surface area contributed by atoms with E-state index in [0.29, 0.717) is 18.4 Å². The molecule has 2 N–H and O–H groups in total. The van der Waals surface area contributed by atoms with Crippen LogP contribution in [-0.4, -0.2) is 36.8 Å². The zero-order valence-electron chi connectivity index (χ0n) is 11.1. The van der Waals surface area contributed by atoms with Gasteiger partial charge in [-0.1, -0.05) is 6.42 Å². The molecule has 5 unspecified atom stereocenters. The van der Waals surface area contributed by atoms with Gasteiger partial charge in [0.25, 0.3) is 0 Å². The summed E-state index contributed by atoms with van der Waals surface area (Å²) in [6, 6.07) is -2.40. The molecule has 2 aliphatic carbocycles. The monoisotopic (exact) mass is 264 g/mol. The van der Waals surface area contributed by atoms with Crippen LogP contribution in [0.15, 0.2) is 0 Å². The first kappa shape index (κ1) is 14.1. The summed E-state index contributed by atoms with van der Waals surface area (Å²) < 4.78 is 38.9. The van der Waals surface area contributed by atoms with Crippen molar-refractivity contribution in [3.05, 3.63) is 0 Å². The summed E-state index contributed by atoms with van der Waals surface area (Å²) in [5, 5.41) is 0. The van der Waals surface area contributed by atoms with E-state index >= 15 is 0 Å². The van der Waals surface area contributed by atoms with Crippen molar-refractivity contribution >= 4 is 0 Å². The second kappa shape index (κ2) is 5.00. The molecule has 2 nitrogen and oxygen atoms in total. The summed E-state index contributed by atoms with van der Waals surface area (Å²) >= 11 is 0. The molecule has 2 saturated carbocycles. The lowest BCUT2D eigenvalue weighted by Crippen LogP contribution is -2.54. The normalized spacial score (nSPS) is 35.2. The fourth-order valence-corrected chi connectivity index (χ4v) is 4.03. The second-order valence-corrected chi connectivity index (χ2v) is 6.22. The predicted molar refractivity (Wildman–Crippen MR) is 65.1 cm³/mol. The van der Waals surface area contributed by atoms with Crippen molar-refractivity contribution < 1.29 is 13.2 Å². The van der Waals surface area contributed by atoms with Crippen molar-refractivity contribution in [1.29, 1.82) is 0 Å². The molecule has 5 atom stereocenters. The van der Waals surface area contributed by atoms with Crippen LogP contribution in [0.5, 0.6) is 0 Å². The number of nitrogens with two attached hydrogens (primary N) is 1. The van der Waals surface area contributed by atoms with Gasteiger partial charge in [-0.05, 0) is 51.0 Å². The van der Waals surface area contributed by atoms with Crippen LogP contribution in [0.3, 0.4) is 0 Å². The minimum Gasteiger partial charge on any atom is -0.326 e. The Morgan fingerprint density at radius 3 is 2.33 bits per heavy atom. The van der Waals surface area contributed by atoms with Crippen LogP contribution in [0.4, 0.5) is 13.2 Å². The Bertz CT molecular complexity index is 290. The Morgan fingerprint density at radius 2 is 1.94 bits per heavy atom. The fourth-order valence-electron chi connectivity index (χ4n) is 4.03. The van der Waals surface area contributed by atoms with Crippen molar-refractivity contribution in [2.75, 3.05) is 13.6 Å². The van der Waals surface area contributed by atoms with E-state index in [2.05, 4.69) is 0 Å². The molecule has 2 rings (SSSR count). The lowest BCUT2D eigenvalue weighted by molar-refractivity contribution is -0.186. The van der Waals surface area contributed by atoms with E-state index < -0.39 is 18.3 Å². The molecule has 106 valence electrons. The van der Waals surface area contributed by atoms with Crippen molar-refractivity contribution in [1.82, 2.24) is 4.90 Å². The van der Waals surface area contributed by atoms with E-state index in [1.54, 1.807) is 7.05 Å². The van der Waals surface area contributed by atoms with E-state index in [-0.39, 0.29) is 0 Å². The maximum atomic E-state index is 13.0. The highest BCUT2D eigenvalue weighted by molar-refractivity contribution is 4.93. The molecule has 0 aliphatic heterocycles. The number of nitrogens with zero attached hydrogens (tertiary/aromatic N) is 1. The maximum absolute atomic E-state index is 13.0. The summed E-state index contributed by atoms with van der Waals surface area (Å²) in [7, 11) is 1.56. The molecule has 2 fully saturated rings. The highest BCUT2D eigenvalue weighted by Crippen LogP contribution is 2.48. The minimum atomic E-state index is -4.24. The quantitative estimate of drug-likeness (QED) is 0.845. The molecule has 2 aliphatic rings. The molecule has 0 amide bonds. The number of hydrogen-bond acceptors (Lipinski definition) is 2. The van der Waals surface area contributed by atoms with Crippen molar-refractivity contribution in [2.45, 2.75) is 50.9 Å². The van der Waals surface area contributed by atoms with Gasteiger partial charge in [-0.2, -0.15) is 13.2 Å². The molecule has 18 heavy (non-hydrogen) atoms. The first-order chi connectivity index (χ1) is 8.29. The van der Waals surface area contributed by atoms with Gasteiger partial charge < -0.3 is 5.73 Å². The van der Waals surface area contributed by atoms with E-state index in [1.165, 1.54) is 31.1 Å². The number of rotatable bonds is 4. The average Bonchev–Trinajstić information content (AvgIpc) is 2.74. The standard InChI is InChI=1S/C13H23F3N2/c1-8(17)12(13(14,15)16)18(2)7-11-6-9-3-4-10(11)5-9/h8-12H,3-7,17H2,1-2H3. The highest BCUT2D eigenvalue weighted by Gasteiger charge is 2.47. The Balaban J connectivity index is 1.95. The maximum Gasteiger partial charge on any atom is 0.405 e. The number of halogens is 3. The van der Waals surface area contributed by atoms with Gasteiger partial charge in [0.1, 0.15) is 6.04 Å². The molecule has 5 heteroatoms. The van der Waals surface area contributed by atoms with Gasteiger partial charge in [-0.3, -0.25) is 4.90 Å². The molecule has 0 aromatic carbocycles. The molecule has 0 aromatic heterocycles. The topological polar surface area (TPSA) is 29.3 Å². The number of alkyl halides is 3. The summed E-state index contributed by atoms with van der Waals surface area (Å²) in [5.74, 6) is 1.87. The molecule has 0 heterocycles. The van der Waals surface area contributed by atoms with Crippen LogP contribution in [0.25, 0.3) is 0 Å². The lowest BCUT2D eigenvalue weighted by atomic mass is 9.88. The smallest absolute Gasteiger partial charge is 0.326 e. The van der Waals surface area contributed by atoms with E-state index in [4.69, 9.17) is 5.73 Å². The van der Waals surface area contributed by atoms with Crippen LogP contribution in [0.1, 0.15) is 32.6 Å². The van der Waals surface area contributed by atoms with Gasteiger partial charge in [-0.15, -0.1) is 0 Å². The van der Waals surface area contributed by atoms with Gasteiger partial charge in [0.05, 0.1) is 0 Å². The second-order valence-electron chi connectivity index (χ2n) is 6.22. The highest BCUT2D eigenvalue weighted by atomic mass is 19.4. The number of hydrogen-bond donors (Lipinski definition) is 1. The third-order valence-corrected chi connectivity index (χ3v) is 4.72. The van der Waals surface area contributed by atoms with Gasteiger partial charge >= 0.3 is 6.18 Å². The zero-order chi connectivity index (χ0) is 13.5. The van der Waals surface area contributed by atoms with Gasteiger partial charge in [0, 0.05) is 12.6 Å². The third-order valence-electron chi connectivity index (χ3n) is 4.72. The third kappa shape index (κ3) is 2.82. The largest absolute Gasteiger partial charge is 0.405 e. The molecule has 0 radical (unpaired) electrons. The number of fused-ring (bicyclic) bond motifs is 2. The van der Waals surface area contributed by atoms with Gasteiger partial charge in [0.15, 0.2) is 0 Å². The van der Waals surface area contributed by atoms with Crippen LogP contribution >= 0.6 is 0 Å². The Hall–Kier alpha value is -0.290. The molecular weight excluding hydrogens is 241 g/mol. The first-order valence-electron chi connectivity index (χ1n) is 6.81. The Labute approximate surface area is 107 Å². The summed E-state index contributed by atoms with van der Waals surface area (Å²) in [6.07, 6.45) is 0.589. The van der Waals surface area contributed by atoms with Crippen molar-refractivity contribution in [2.24, 2.45) is 23.5 Å². The Morgan fingerprint density at radius 1 is 1.28 bits per heavy atom. The zero-order valence-corrected chi connectivity index (χ0v) is 11.1. The van der Waals surface area contributed by atoms with Crippen molar-refractivity contribution in [3.8, 4) is 0 Å². The molecule has 2 bridgehead atoms. The van der Waals surface area contributed by atoms with E-state index in [0.717, 1.165) is 12.3 Å². The van der Waals surface area contributed by atoms with Crippen LogP contribution in [-0.2, 0) is 0 Å². The van der Waals surface area contributed by atoms with Crippen LogP contribution < -0.4 is 5.73 Å². The predicted octanol–water partition coefficient (Wildman–Crippen LogP) is 2.63. The molecule has 0 spiro atoms. The fraction of sp³-hybridized carbons (Fsp3) is 1.00. The molecular formula is C13H23F3N2. The number of likely N-dealkylation sites (N-methyl/N-ethyl adjacent to an activating group) is 1. The molecule has 0 aromatic rings. The van der Waals surface area contributed by atoms with E-state index in [1.807, 2.05) is 0 Å². The molecule has 0 saturated heterocycles.